The number of hydrogen-bond acceptors (Lipinski definition) is 1. The molecule has 0 fully saturated rings. The monoisotopic (exact) mass is 363 g/mol. The van der Waals surface area contributed by atoms with Crippen molar-refractivity contribution < 1.29 is 14.5 Å². The summed E-state index contributed by atoms with van der Waals surface area (Å²) in [5, 5.41) is 4.81. The van der Waals surface area contributed by atoms with Gasteiger partial charge in [-0.2, -0.15) is 0 Å². The number of nitrogens with one attached hydrogen (secondary N) is 1. The van der Waals surface area contributed by atoms with Crippen molar-refractivity contribution in [2.24, 2.45) is 0 Å². The molecule has 4 heteroatoms. The van der Waals surface area contributed by atoms with Gasteiger partial charge in [0.05, 0.1) is 0 Å². The van der Waals surface area contributed by atoms with E-state index in [0.717, 1.165) is 11.1 Å². The predicted octanol–water partition coefficient (Wildman–Crippen LogP) is 3.10. The maximum absolute atomic E-state index is 13.7. The van der Waals surface area contributed by atoms with Crippen LogP contribution >= 0.6 is 0 Å². The van der Waals surface area contributed by atoms with Crippen molar-refractivity contribution >= 4 is 5.91 Å². The van der Waals surface area contributed by atoms with Crippen LogP contribution in [0.15, 0.2) is 78.9 Å². The molecule has 138 valence electrons. The van der Waals surface area contributed by atoms with Crippen LogP contribution in [0.2, 0.25) is 0 Å². The topological polar surface area (TPSA) is 45.7 Å². The first-order valence-electron chi connectivity index (χ1n) is 9.08. The summed E-state index contributed by atoms with van der Waals surface area (Å²) in [7, 11) is 0. The lowest BCUT2D eigenvalue weighted by Crippen LogP contribution is -2.87. The van der Waals surface area contributed by atoms with E-state index in [2.05, 4.69) is 48.6 Å². The molecule has 0 aliphatic rings. The average Bonchev–Trinajstić information content (AvgIpc) is 2.69. The molecule has 3 nitrogen and oxygen atoms in total. The molecule has 3 rings (SSSR count). The Bertz CT molecular complexity index is 878. The van der Waals surface area contributed by atoms with Crippen LogP contribution in [0.4, 0.5) is 4.39 Å². The van der Waals surface area contributed by atoms with Gasteiger partial charge in [0, 0.05) is 23.2 Å². The Morgan fingerprint density at radius 1 is 0.926 bits per heavy atom. The summed E-state index contributed by atoms with van der Waals surface area (Å²) >= 11 is 0. The highest BCUT2D eigenvalue weighted by atomic mass is 19.1. The Morgan fingerprint density at radius 2 is 1.56 bits per heavy atom. The minimum Gasteiger partial charge on any atom is -0.347 e. The number of benzene rings is 3. The van der Waals surface area contributed by atoms with Crippen LogP contribution in [0, 0.1) is 12.7 Å². The van der Waals surface area contributed by atoms with Crippen LogP contribution in [-0.4, -0.2) is 12.5 Å². The lowest BCUT2D eigenvalue weighted by Gasteiger charge is -2.17. The summed E-state index contributed by atoms with van der Waals surface area (Å²) in [6, 6.07) is 25.0. The van der Waals surface area contributed by atoms with Gasteiger partial charge in [-0.1, -0.05) is 78.4 Å². The zero-order valence-corrected chi connectivity index (χ0v) is 15.4. The van der Waals surface area contributed by atoms with Gasteiger partial charge in [-0.25, -0.2) is 4.39 Å². The second kappa shape index (κ2) is 9.10. The van der Waals surface area contributed by atoms with E-state index in [4.69, 9.17) is 0 Å². The standard InChI is InChI=1S/C23H23FN2O/c1-17-11-13-19(14-12-17)23(18-7-3-2-4-8-18)26-16-22(27)25-15-20-9-5-6-10-21(20)24/h2-14,23,26H,15-16H2,1H3,(H,25,27)/p+1/t23-/m0/s1. The fourth-order valence-electron chi connectivity index (χ4n) is 3.03. The number of aryl methyl sites for hydroxylation is 1. The number of carbonyl (C=O) groups is 1. The molecule has 3 aromatic carbocycles. The molecule has 0 saturated heterocycles. The highest BCUT2D eigenvalue weighted by Crippen LogP contribution is 2.18. The first-order valence-corrected chi connectivity index (χ1v) is 9.08. The maximum atomic E-state index is 13.7. The van der Waals surface area contributed by atoms with Crippen LogP contribution < -0.4 is 10.6 Å². The van der Waals surface area contributed by atoms with Crippen molar-refractivity contribution in [3.63, 3.8) is 0 Å². The molecule has 1 atom stereocenters. The van der Waals surface area contributed by atoms with Gasteiger partial charge in [-0.3, -0.25) is 4.79 Å². The van der Waals surface area contributed by atoms with Gasteiger partial charge in [0.25, 0.3) is 5.91 Å². The molecule has 3 N–H and O–H groups in total. The second-order valence-electron chi connectivity index (χ2n) is 6.61. The van der Waals surface area contributed by atoms with E-state index >= 15 is 0 Å². The molecule has 0 aromatic heterocycles. The molecule has 0 unspecified atom stereocenters. The predicted molar refractivity (Wildman–Crippen MR) is 105 cm³/mol. The highest BCUT2D eigenvalue weighted by Gasteiger charge is 2.18. The van der Waals surface area contributed by atoms with Gasteiger partial charge in [-0.05, 0) is 13.0 Å². The van der Waals surface area contributed by atoms with Gasteiger partial charge < -0.3 is 10.6 Å². The summed E-state index contributed by atoms with van der Waals surface area (Å²) in [6.07, 6.45) is 0. The lowest BCUT2D eigenvalue weighted by atomic mass is 9.98. The van der Waals surface area contributed by atoms with Crippen molar-refractivity contribution in [3.8, 4) is 0 Å². The molecule has 0 heterocycles. The van der Waals surface area contributed by atoms with Crippen molar-refractivity contribution in [2.75, 3.05) is 6.54 Å². The largest absolute Gasteiger partial charge is 0.347 e. The molecule has 0 aliphatic heterocycles. The van der Waals surface area contributed by atoms with Crippen molar-refractivity contribution in [1.29, 1.82) is 0 Å². The molecule has 1 amide bonds. The molecule has 0 bridgehead atoms. The van der Waals surface area contributed by atoms with E-state index < -0.39 is 0 Å². The van der Waals surface area contributed by atoms with E-state index in [-0.39, 0.29) is 30.9 Å². The SMILES string of the molecule is Cc1ccc([C@@H]([NH2+]CC(=O)NCc2ccccc2F)c2ccccc2)cc1. The quantitative estimate of drug-likeness (QED) is 0.666. The Morgan fingerprint density at radius 3 is 2.26 bits per heavy atom. The molecular weight excluding hydrogens is 339 g/mol. The van der Waals surface area contributed by atoms with Gasteiger partial charge in [0.15, 0.2) is 6.54 Å². The summed E-state index contributed by atoms with van der Waals surface area (Å²) in [5.74, 6) is -0.421. The maximum Gasteiger partial charge on any atom is 0.275 e. The van der Waals surface area contributed by atoms with E-state index in [1.165, 1.54) is 11.6 Å². The zero-order valence-electron chi connectivity index (χ0n) is 15.4. The van der Waals surface area contributed by atoms with Crippen molar-refractivity contribution in [1.82, 2.24) is 5.32 Å². The van der Waals surface area contributed by atoms with Crippen LogP contribution in [-0.2, 0) is 11.3 Å². The third kappa shape index (κ3) is 5.25. The Labute approximate surface area is 159 Å². The molecule has 0 saturated carbocycles. The van der Waals surface area contributed by atoms with Crippen LogP contribution in [0.1, 0.15) is 28.3 Å². The molecule has 0 spiro atoms. The number of carbonyl (C=O) groups excluding carboxylic acids is 1. The van der Waals surface area contributed by atoms with E-state index in [1.54, 1.807) is 18.2 Å². The Kier molecular flexibility index (Phi) is 6.34. The summed E-state index contributed by atoms with van der Waals surface area (Å²) < 4.78 is 13.7. The van der Waals surface area contributed by atoms with Gasteiger partial charge >= 0.3 is 0 Å². The minimum atomic E-state index is -0.302. The van der Waals surface area contributed by atoms with Crippen LogP contribution in [0.25, 0.3) is 0 Å². The van der Waals surface area contributed by atoms with Crippen molar-refractivity contribution in [3.05, 3.63) is 107 Å². The third-order valence-corrected chi connectivity index (χ3v) is 4.57. The van der Waals surface area contributed by atoms with E-state index in [9.17, 15) is 9.18 Å². The smallest absolute Gasteiger partial charge is 0.275 e. The lowest BCUT2D eigenvalue weighted by molar-refractivity contribution is -0.676. The summed E-state index contributed by atoms with van der Waals surface area (Å²) in [5.41, 5.74) is 3.98. The molecule has 0 radical (unpaired) electrons. The van der Waals surface area contributed by atoms with Gasteiger partial charge in [-0.15, -0.1) is 0 Å². The molecule has 0 aliphatic carbocycles. The Hall–Kier alpha value is -2.98. The number of rotatable bonds is 7. The first-order chi connectivity index (χ1) is 13.1. The zero-order chi connectivity index (χ0) is 19.1. The number of halogens is 1. The van der Waals surface area contributed by atoms with E-state index in [0.29, 0.717) is 5.56 Å². The average molecular weight is 363 g/mol. The first kappa shape index (κ1) is 18.8. The number of hydrogen-bond donors (Lipinski definition) is 2. The Balaban J connectivity index is 1.65. The number of quaternary nitrogens is 1. The normalized spacial score (nSPS) is 11.8. The highest BCUT2D eigenvalue weighted by molar-refractivity contribution is 5.76. The number of amides is 1. The fourth-order valence-corrected chi connectivity index (χ4v) is 3.03. The fraction of sp³-hybridized carbons (Fsp3) is 0.174. The van der Waals surface area contributed by atoms with Crippen LogP contribution in [0.3, 0.4) is 0 Å². The van der Waals surface area contributed by atoms with E-state index in [1.807, 2.05) is 23.5 Å². The van der Waals surface area contributed by atoms with Gasteiger partial charge in [0.1, 0.15) is 11.9 Å². The number of nitrogens with two attached hydrogens (primary N) is 1. The second-order valence-corrected chi connectivity index (χ2v) is 6.61. The van der Waals surface area contributed by atoms with Crippen LogP contribution in [0.5, 0.6) is 0 Å². The minimum absolute atomic E-state index is 0.0333. The molecule has 27 heavy (non-hydrogen) atoms. The third-order valence-electron chi connectivity index (χ3n) is 4.57. The molecular formula is C23H24FN2O+. The summed E-state index contributed by atoms with van der Waals surface area (Å²) in [4.78, 5) is 12.3. The molecule has 3 aromatic rings. The summed E-state index contributed by atoms with van der Waals surface area (Å²) in [6.45, 7) is 2.52. The van der Waals surface area contributed by atoms with Gasteiger partial charge in [0.2, 0.25) is 0 Å². The van der Waals surface area contributed by atoms with Crippen molar-refractivity contribution in [2.45, 2.75) is 19.5 Å².